The van der Waals surface area contributed by atoms with Crippen molar-refractivity contribution in [3.05, 3.63) is 35.1 Å². The van der Waals surface area contributed by atoms with Crippen LogP contribution in [0.5, 0.6) is 0 Å². The molecule has 0 radical (unpaired) electrons. The van der Waals surface area contributed by atoms with Crippen LogP contribution >= 0.6 is 0 Å². The van der Waals surface area contributed by atoms with Gasteiger partial charge in [0.25, 0.3) is 0 Å². The van der Waals surface area contributed by atoms with Crippen LogP contribution in [0.3, 0.4) is 0 Å². The van der Waals surface area contributed by atoms with Crippen LogP contribution in [0.2, 0.25) is 0 Å². The normalized spacial score (nSPS) is 13.1. The van der Waals surface area contributed by atoms with Gasteiger partial charge in [0.1, 0.15) is 5.82 Å². The molecule has 0 bridgehead atoms. The maximum atomic E-state index is 13.4. The Kier molecular flexibility index (Phi) is 4.68. The molecule has 0 saturated carbocycles. The van der Waals surface area contributed by atoms with Crippen molar-refractivity contribution in [2.24, 2.45) is 0 Å². The highest BCUT2D eigenvalue weighted by Crippen LogP contribution is 2.21. The molecule has 6 heteroatoms. The van der Waals surface area contributed by atoms with Crippen LogP contribution < -0.4 is 5.32 Å². The fraction of sp³-hybridized carbons (Fsp3) is 0.417. The van der Waals surface area contributed by atoms with E-state index in [0.717, 1.165) is 6.07 Å². The molecule has 0 aliphatic heterocycles. The summed E-state index contributed by atoms with van der Waals surface area (Å²) < 4.78 is 49.6. The van der Waals surface area contributed by atoms with Crippen molar-refractivity contribution < 1.29 is 17.6 Å². The second-order valence-electron chi connectivity index (χ2n) is 4.02. The molecule has 98 valence electrons. The number of hydrogen-bond donors (Lipinski definition) is 1. The lowest BCUT2D eigenvalue weighted by molar-refractivity contribution is -0.139. The lowest BCUT2D eigenvalue weighted by Crippen LogP contribution is -2.30. The molecular formula is C12H12F4N2. The Morgan fingerprint density at radius 3 is 2.56 bits per heavy atom. The first-order valence-corrected chi connectivity index (χ1v) is 5.30. The van der Waals surface area contributed by atoms with E-state index in [9.17, 15) is 17.6 Å². The number of hydrogen-bond acceptors (Lipinski definition) is 2. The summed E-state index contributed by atoms with van der Waals surface area (Å²) in [7, 11) is 0. The van der Waals surface area contributed by atoms with Crippen molar-refractivity contribution in [3.63, 3.8) is 0 Å². The van der Waals surface area contributed by atoms with Crippen LogP contribution in [-0.4, -0.2) is 12.2 Å². The highest BCUT2D eigenvalue weighted by Gasteiger charge is 2.29. The van der Waals surface area contributed by atoms with Crippen molar-refractivity contribution in [1.29, 1.82) is 5.26 Å². The van der Waals surface area contributed by atoms with Gasteiger partial charge >= 0.3 is 6.18 Å². The second kappa shape index (κ2) is 5.83. The number of nitriles is 1. The van der Waals surface area contributed by atoms with Crippen LogP contribution in [0.15, 0.2) is 18.2 Å². The first-order chi connectivity index (χ1) is 8.31. The quantitative estimate of drug-likeness (QED) is 0.844. The summed E-state index contributed by atoms with van der Waals surface area (Å²) in [5, 5.41) is 11.1. The zero-order chi connectivity index (χ0) is 13.8. The van der Waals surface area contributed by atoms with Gasteiger partial charge in [-0.2, -0.15) is 18.4 Å². The molecule has 0 heterocycles. The molecule has 2 nitrogen and oxygen atoms in total. The number of nitrogens with zero attached hydrogens (tertiary/aromatic N) is 1. The fourth-order valence-corrected chi connectivity index (χ4v) is 1.46. The molecule has 1 aromatic rings. The van der Waals surface area contributed by atoms with Gasteiger partial charge in [0.15, 0.2) is 0 Å². The van der Waals surface area contributed by atoms with Gasteiger partial charge in [-0.05, 0) is 19.1 Å². The van der Waals surface area contributed by atoms with Crippen LogP contribution in [0.25, 0.3) is 0 Å². The number of rotatable bonds is 4. The third-order valence-electron chi connectivity index (χ3n) is 2.36. The zero-order valence-electron chi connectivity index (χ0n) is 9.68. The lowest BCUT2D eigenvalue weighted by atomic mass is 10.1. The average Bonchev–Trinajstić information content (AvgIpc) is 2.25. The number of benzene rings is 1. The minimum Gasteiger partial charge on any atom is -0.310 e. The number of halogens is 4. The van der Waals surface area contributed by atoms with Gasteiger partial charge in [-0.25, -0.2) is 4.39 Å². The minimum atomic E-state index is -4.24. The molecule has 1 unspecified atom stereocenters. The number of alkyl halides is 3. The monoisotopic (exact) mass is 260 g/mol. The van der Waals surface area contributed by atoms with E-state index in [1.807, 2.05) is 0 Å². The predicted octanol–water partition coefficient (Wildman–Crippen LogP) is 3.13. The molecule has 0 spiro atoms. The minimum absolute atomic E-state index is 0.00517. The first-order valence-electron chi connectivity index (χ1n) is 5.30. The number of nitrogens with one attached hydrogen (secondary N) is 1. The van der Waals surface area contributed by atoms with Gasteiger partial charge in [-0.1, -0.05) is 6.07 Å². The summed E-state index contributed by atoms with van der Waals surface area (Å²) in [4.78, 5) is 0. The summed E-state index contributed by atoms with van der Waals surface area (Å²) in [6, 6.07) is 4.87. The molecule has 1 aromatic carbocycles. The Morgan fingerprint density at radius 1 is 1.39 bits per heavy atom. The van der Waals surface area contributed by atoms with E-state index in [1.165, 1.54) is 19.1 Å². The van der Waals surface area contributed by atoms with Crippen molar-refractivity contribution >= 4 is 0 Å². The highest BCUT2D eigenvalue weighted by atomic mass is 19.4. The van der Waals surface area contributed by atoms with Gasteiger partial charge in [-0.3, -0.25) is 0 Å². The van der Waals surface area contributed by atoms with E-state index < -0.39 is 24.5 Å². The van der Waals surface area contributed by atoms with Crippen molar-refractivity contribution in [2.45, 2.75) is 32.1 Å². The van der Waals surface area contributed by atoms with Gasteiger partial charge in [0.2, 0.25) is 0 Å². The third kappa shape index (κ3) is 4.72. The van der Waals surface area contributed by atoms with E-state index in [2.05, 4.69) is 5.32 Å². The van der Waals surface area contributed by atoms with Crippen molar-refractivity contribution in [1.82, 2.24) is 5.32 Å². The summed E-state index contributed by atoms with van der Waals surface area (Å²) >= 11 is 0. The first kappa shape index (κ1) is 14.5. The highest BCUT2D eigenvalue weighted by molar-refractivity contribution is 5.32. The van der Waals surface area contributed by atoms with Gasteiger partial charge in [0.05, 0.1) is 18.1 Å². The Hall–Kier alpha value is -1.61. The maximum absolute atomic E-state index is 13.4. The zero-order valence-corrected chi connectivity index (χ0v) is 9.68. The molecule has 18 heavy (non-hydrogen) atoms. The van der Waals surface area contributed by atoms with Gasteiger partial charge < -0.3 is 5.32 Å². The summed E-state index contributed by atoms with van der Waals surface area (Å²) in [5.41, 5.74) is 0.419. The lowest BCUT2D eigenvalue weighted by Gasteiger charge is -2.16. The SMILES string of the molecule is CC(CC(F)(F)F)NCc1ccc(C#N)cc1F. The second-order valence-corrected chi connectivity index (χ2v) is 4.02. The standard InChI is InChI=1S/C12H12F4N2/c1-8(5-12(14,15)16)18-7-10-3-2-9(6-17)4-11(10)13/h2-4,8,18H,5,7H2,1H3. The van der Waals surface area contributed by atoms with Crippen molar-refractivity contribution in [3.8, 4) is 6.07 Å². The molecule has 1 N–H and O–H groups in total. The fourth-order valence-electron chi connectivity index (χ4n) is 1.46. The molecule has 0 aromatic heterocycles. The van der Waals surface area contributed by atoms with Gasteiger partial charge in [0, 0.05) is 18.2 Å². The Bertz CT molecular complexity index is 448. The smallest absolute Gasteiger partial charge is 0.310 e. The molecule has 0 aliphatic carbocycles. The molecule has 1 atom stereocenters. The molecule has 0 fully saturated rings. The average molecular weight is 260 g/mol. The van der Waals surface area contributed by atoms with Crippen molar-refractivity contribution in [2.75, 3.05) is 0 Å². The molecule has 0 aliphatic rings. The van der Waals surface area contributed by atoms with E-state index in [4.69, 9.17) is 5.26 Å². The van der Waals surface area contributed by atoms with E-state index in [-0.39, 0.29) is 17.7 Å². The maximum Gasteiger partial charge on any atom is 0.390 e. The Labute approximate surface area is 102 Å². The Morgan fingerprint density at radius 2 is 2.06 bits per heavy atom. The van der Waals surface area contributed by atoms with Crippen LogP contribution in [0.4, 0.5) is 17.6 Å². The van der Waals surface area contributed by atoms with E-state index >= 15 is 0 Å². The van der Waals surface area contributed by atoms with Crippen LogP contribution in [0, 0.1) is 17.1 Å². The largest absolute Gasteiger partial charge is 0.390 e. The van der Waals surface area contributed by atoms with Crippen LogP contribution in [0.1, 0.15) is 24.5 Å². The third-order valence-corrected chi connectivity index (χ3v) is 2.36. The van der Waals surface area contributed by atoms with Crippen LogP contribution in [-0.2, 0) is 6.54 Å². The molecular weight excluding hydrogens is 248 g/mol. The van der Waals surface area contributed by atoms with Gasteiger partial charge in [-0.15, -0.1) is 0 Å². The topological polar surface area (TPSA) is 35.8 Å². The summed E-state index contributed by atoms with van der Waals surface area (Å²) in [6.45, 7) is 1.38. The van der Waals surface area contributed by atoms with E-state index in [0.29, 0.717) is 0 Å². The molecule has 0 amide bonds. The Balaban J connectivity index is 2.57. The molecule has 0 saturated heterocycles. The van der Waals surface area contributed by atoms with E-state index in [1.54, 1.807) is 6.07 Å². The molecule has 1 rings (SSSR count). The summed E-state index contributed by atoms with van der Waals surface area (Å²) in [6.07, 6.45) is -5.21. The summed E-state index contributed by atoms with van der Waals surface area (Å²) in [5.74, 6) is -0.597. The predicted molar refractivity (Wildman–Crippen MR) is 58.1 cm³/mol.